The molecule has 0 aliphatic heterocycles. The molecule has 0 fully saturated rings. The molecular weight excluding hydrogens is 488 g/mol. The summed E-state index contributed by atoms with van der Waals surface area (Å²) in [6.45, 7) is 2.56. The maximum absolute atomic E-state index is 8.89. The van der Waals surface area contributed by atoms with Gasteiger partial charge in [-0.05, 0) is 0 Å². The minimum absolute atomic E-state index is 0. The van der Waals surface area contributed by atoms with E-state index in [9.17, 15) is 0 Å². The first-order valence-electron chi connectivity index (χ1n) is 0.781. The summed E-state index contributed by atoms with van der Waals surface area (Å²) in [5.41, 5.74) is 0. The van der Waals surface area contributed by atoms with Crippen LogP contribution < -0.4 is 0 Å². The van der Waals surface area contributed by atoms with Crippen molar-refractivity contribution in [1.82, 2.24) is 0 Å². The van der Waals surface area contributed by atoms with Crippen LogP contribution in [0.5, 0.6) is 0 Å². The second-order valence-electron chi connectivity index (χ2n) is 0.394. The Balaban J connectivity index is -0.00000000450. The van der Waals surface area contributed by atoms with Gasteiger partial charge in [-0.15, -0.1) is 0 Å². The van der Waals surface area contributed by atoms with Crippen molar-refractivity contribution in [2.75, 3.05) is 0 Å². The summed E-state index contributed by atoms with van der Waals surface area (Å²) < 4.78 is 0. The van der Waals surface area contributed by atoms with Gasteiger partial charge >= 0.3 is 0 Å². The van der Waals surface area contributed by atoms with Crippen LogP contribution in [0.1, 0.15) is 0 Å². The molecule has 49 valence electrons. The number of carboxylic acid groups (broad SMARTS) is 1. The minimum atomic E-state index is -1.08. The maximum Gasteiger partial charge on any atom is 0.161 e. The summed E-state index contributed by atoms with van der Waals surface area (Å²) >= 11 is 0. The van der Waals surface area contributed by atoms with E-state index >= 15 is 0 Å². The number of aliphatic carboxylic acids is 1. The smallest absolute Gasteiger partial charge is 0.161 e. The Hall–Kier alpha value is 0.0932. The first-order valence-corrected chi connectivity index (χ1v) is 0.781. The molecule has 0 bridgehead atoms. The zero-order valence-corrected chi connectivity index (χ0v) is 15.7. The largest absolute Gasteiger partial charge is 0.503 e. The molecule has 0 amide bonds. The Morgan fingerprint density at radius 3 is 1.22 bits per heavy atom. The van der Waals surface area contributed by atoms with Crippen molar-refractivity contribution in [2.24, 2.45) is 0 Å². The number of carboxylic acids is 1. The van der Waals surface area contributed by atoms with Crippen molar-refractivity contribution >= 4 is 5.97 Å². The van der Waals surface area contributed by atoms with Gasteiger partial charge in [0.05, 0.1) is 0 Å². The fourth-order valence-corrected chi connectivity index (χ4v) is 0. The van der Waals surface area contributed by atoms with Crippen LogP contribution in [0.2, 0.25) is 0 Å². The van der Waals surface area contributed by atoms with Gasteiger partial charge in [-0.25, -0.2) is 0 Å². The number of hydrogen-bond donors (Lipinski definition) is 1. The van der Waals surface area contributed by atoms with Gasteiger partial charge in [0.1, 0.15) is 0 Å². The molecule has 0 atom stereocenters. The molecule has 6 heteroatoms. The van der Waals surface area contributed by atoms with E-state index in [0.29, 0.717) is 0 Å². The predicted molar refractivity (Wildman–Crippen MR) is 19.4 cm³/mol. The van der Waals surface area contributed by atoms with Crippen LogP contribution in [0.15, 0.2) is 0 Å². The average Bonchev–Trinajstić information content (AvgIpc) is 0.811. The Morgan fingerprint density at radius 2 is 1.22 bits per heavy atom. The van der Waals surface area contributed by atoms with Gasteiger partial charge in [-0.3, -0.25) is 11.7 Å². The molecule has 0 saturated carbocycles. The van der Waals surface area contributed by atoms with E-state index in [1.807, 2.05) is 0 Å². The van der Waals surface area contributed by atoms with Crippen molar-refractivity contribution in [1.29, 1.82) is 0 Å². The van der Waals surface area contributed by atoms with Crippen LogP contribution in [0.3, 0.4) is 0 Å². The Morgan fingerprint density at radius 1 is 1.22 bits per heavy atom. The van der Waals surface area contributed by atoms with Crippen LogP contribution in [-0.4, -0.2) is 11.1 Å². The number of carbonyl (C=O) groups is 1. The molecule has 2 nitrogen and oxygen atoms in total. The van der Waals surface area contributed by atoms with Crippen LogP contribution in [0.25, 0.3) is 0 Å². The fourth-order valence-electron chi connectivity index (χ4n) is 0. The molecule has 0 heterocycles. The van der Waals surface area contributed by atoms with Crippen molar-refractivity contribution in [3.8, 4) is 0 Å². The van der Waals surface area contributed by atoms with Gasteiger partial charge in [0.15, 0.2) is 5.97 Å². The van der Waals surface area contributed by atoms with E-state index in [0.717, 1.165) is 0 Å². The molecule has 0 saturated heterocycles. The molecule has 0 rings (SSSR count). The van der Waals surface area contributed by atoms with Crippen LogP contribution in [0, 0.1) is 14.4 Å². The van der Waals surface area contributed by atoms with Gasteiger partial charge in [0, 0.05) is 55.7 Å². The van der Waals surface area contributed by atoms with E-state index in [4.69, 9.17) is 9.90 Å². The van der Waals surface area contributed by atoms with Crippen LogP contribution in [0.4, 0.5) is 0 Å². The van der Waals surface area contributed by atoms with Gasteiger partial charge in [0.25, 0.3) is 0 Å². The molecule has 1 N–H and O–H groups in total. The SMILES string of the molecule is [CH2-]C(=O)O.[CH3-].[Rf].[V].[V].[V]. The first kappa shape index (κ1) is 62.2. The van der Waals surface area contributed by atoms with E-state index in [1.54, 1.807) is 0 Å². The Bertz CT molecular complexity index is 40.0. The molecule has 9 heavy (non-hydrogen) atoms. The topological polar surface area (TPSA) is 37.3 Å². The summed E-state index contributed by atoms with van der Waals surface area (Å²) in [4.78, 5) is 8.89. The predicted octanol–water partition coefficient (Wildman–Crippen LogP) is 0.348. The molecule has 0 aliphatic carbocycles. The molecule has 0 aromatic carbocycles. The van der Waals surface area contributed by atoms with Crippen molar-refractivity contribution < 1.29 is 65.6 Å². The summed E-state index contributed by atoms with van der Waals surface area (Å²) in [6, 6.07) is 0. The standard InChI is InChI=1S/C2H3O2.CH3.Rf.3V/c1-2(3)4;;;;;/h1H2,(H,3,4);1H3;;;;/q2*-1;;;;. The molecule has 3 radical (unpaired) electrons. The monoisotopic (exact) mass is 494 g/mol. The molecule has 0 aliphatic rings. The van der Waals surface area contributed by atoms with Crippen molar-refractivity contribution in [2.45, 2.75) is 0 Å². The van der Waals surface area contributed by atoms with Crippen molar-refractivity contribution in [3.05, 3.63) is 14.4 Å². The Labute approximate surface area is 85.5 Å². The zero-order valence-electron chi connectivity index (χ0n) is 5.11. The molecule has 0 spiro atoms. The third-order valence-corrected chi connectivity index (χ3v) is 0. The summed E-state index contributed by atoms with van der Waals surface area (Å²) in [5.74, 6) is -1.08. The normalized spacial score (nSPS) is 2.67. The molecule has 0 unspecified atom stereocenters. The van der Waals surface area contributed by atoms with E-state index in [2.05, 4.69) is 6.92 Å². The second-order valence-corrected chi connectivity index (χ2v) is 0.394. The van der Waals surface area contributed by atoms with E-state index in [1.165, 1.54) is 0 Å². The molecular formula is C3H6O2RfV3-2. The van der Waals surface area contributed by atoms with Gasteiger partial charge in [-0.2, -0.15) is 0 Å². The third-order valence-electron chi connectivity index (χ3n) is 0. The first-order chi connectivity index (χ1) is 1.73. The average molecular weight is 494 g/mol. The zero-order chi connectivity index (χ0) is 3.58. The maximum atomic E-state index is 8.89. The minimum Gasteiger partial charge on any atom is -0.503 e. The summed E-state index contributed by atoms with van der Waals surface area (Å²) in [5, 5.41) is 7.31. The molecule has 0 aromatic heterocycles. The van der Waals surface area contributed by atoms with Gasteiger partial charge < -0.3 is 12.5 Å². The quantitative estimate of drug-likeness (QED) is 0.495. The number of rotatable bonds is 0. The Kier molecular flexibility index (Phi) is 294. The number of hydrogen-bond acceptors (Lipinski definition) is 1. The van der Waals surface area contributed by atoms with Gasteiger partial charge in [-0.1, -0.05) is 0 Å². The fraction of sp³-hybridized carbons (Fsp3) is 0. The van der Waals surface area contributed by atoms with Gasteiger partial charge in [0.2, 0.25) is 0 Å². The summed E-state index contributed by atoms with van der Waals surface area (Å²) in [6.07, 6.45) is 0. The summed E-state index contributed by atoms with van der Waals surface area (Å²) in [7, 11) is 0. The van der Waals surface area contributed by atoms with E-state index in [-0.39, 0.29) is 63.1 Å². The third kappa shape index (κ3) is 34600. The van der Waals surface area contributed by atoms with Crippen LogP contribution in [-0.2, 0) is 60.5 Å². The van der Waals surface area contributed by atoms with E-state index < -0.39 is 5.97 Å². The van der Waals surface area contributed by atoms with Crippen LogP contribution >= 0.6 is 0 Å². The van der Waals surface area contributed by atoms with Crippen molar-refractivity contribution in [3.63, 3.8) is 0 Å². The second kappa shape index (κ2) is 42.6. The molecule has 0 aromatic rings.